The third-order valence-electron chi connectivity index (χ3n) is 4.82. The molecule has 1 saturated heterocycles. The zero-order valence-electron chi connectivity index (χ0n) is 13.2. The number of nitrogens with zero attached hydrogens (tertiary/aromatic N) is 3. The van der Waals surface area contributed by atoms with Crippen LogP contribution in [0.3, 0.4) is 0 Å². The molecule has 5 nitrogen and oxygen atoms in total. The van der Waals surface area contributed by atoms with Gasteiger partial charge in [0.25, 0.3) is 5.56 Å². The van der Waals surface area contributed by atoms with Crippen LogP contribution in [-0.4, -0.2) is 35.9 Å². The summed E-state index contributed by atoms with van der Waals surface area (Å²) in [5.74, 6) is 0.806. The van der Waals surface area contributed by atoms with Crippen molar-refractivity contribution < 1.29 is 4.74 Å². The van der Waals surface area contributed by atoms with Crippen molar-refractivity contribution in [2.24, 2.45) is 0 Å². The lowest BCUT2D eigenvalue weighted by Gasteiger charge is -2.35. The molecule has 23 heavy (non-hydrogen) atoms. The molecule has 1 aliphatic heterocycles. The number of morpholine rings is 1. The van der Waals surface area contributed by atoms with E-state index in [2.05, 4.69) is 20.8 Å². The second-order valence-electron chi connectivity index (χ2n) is 6.41. The van der Waals surface area contributed by atoms with Crippen molar-refractivity contribution in [2.45, 2.75) is 32.2 Å². The molecule has 122 valence electrons. The SMILES string of the molecule is Cc1cc(Br)c2nc(N3CCOCC3)n(C3CCC3)c(=O)c2c1. The lowest BCUT2D eigenvalue weighted by Crippen LogP contribution is -2.42. The first-order chi connectivity index (χ1) is 11.1. The minimum atomic E-state index is 0.0885. The number of halogens is 1. The molecular weight excluding hydrogens is 358 g/mol. The standard InChI is InChI=1S/C17H20BrN3O2/c1-11-9-13-15(14(18)10-11)19-17(20-5-7-23-8-6-20)21(16(13)22)12-3-2-4-12/h9-10,12H,2-8H2,1H3. The zero-order valence-corrected chi connectivity index (χ0v) is 14.8. The zero-order chi connectivity index (χ0) is 16.0. The van der Waals surface area contributed by atoms with Gasteiger partial charge >= 0.3 is 0 Å². The van der Waals surface area contributed by atoms with Gasteiger partial charge in [0.2, 0.25) is 5.95 Å². The fourth-order valence-corrected chi connectivity index (χ4v) is 4.01. The van der Waals surface area contributed by atoms with E-state index >= 15 is 0 Å². The number of hydrogen-bond acceptors (Lipinski definition) is 4. The van der Waals surface area contributed by atoms with Crippen LogP contribution in [-0.2, 0) is 4.74 Å². The lowest BCUT2D eigenvalue weighted by molar-refractivity contribution is 0.121. The first kappa shape index (κ1) is 15.1. The van der Waals surface area contributed by atoms with Gasteiger partial charge in [0.1, 0.15) is 0 Å². The molecule has 0 bridgehead atoms. The highest BCUT2D eigenvalue weighted by Gasteiger charge is 2.28. The number of benzene rings is 1. The van der Waals surface area contributed by atoms with Crippen LogP contribution >= 0.6 is 15.9 Å². The third kappa shape index (κ3) is 2.58. The Labute approximate surface area is 143 Å². The molecule has 6 heteroatoms. The molecule has 4 rings (SSSR count). The molecule has 0 spiro atoms. The van der Waals surface area contributed by atoms with Crippen molar-refractivity contribution in [1.29, 1.82) is 0 Å². The summed E-state index contributed by atoms with van der Waals surface area (Å²) >= 11 is 3.58. The minimum absolute atomic E-state index is 0.0885. The highest BCUT2D eigenvalue weighted by atomic mass is 79.9. The first-order valence-electron chi connectivity index (χ1n) is 8.20. The smallest absolute Gasteiger partial charge is 0.263 e. The summed E-state index contributed by atoms with van der Waals surface area (Å²) in [6.07, 6.45) is 3.32. The maximum atomic E-state index is 13.2. The van der Waals surface area contributed by atoms with Crippen molar-refractivity contribution in [1.82, 2.24) is 9.55 Å². The number of aryl methyl sites for hydroxylation is 1. The van der Waals surface area contributed by atoms with Gasteiger partial charge in [-0.15, -0.1) is 0 Å². The maximum Gasteiger partial charge on any atom is 0.263 e. The van der Waals surface area contributed by atoms with E-state index in [4.69, 9.17) is 9.72 Å². The molecule has 1 aromatic carbocycles. The van der Waals surface area contributed by atoms with E-state index in [9.17, 15) is 4.79 Å². The van der Waals surface area contributed by atoms with Gasteiger partial charge in [-0.05, 0) is 59.8 Å². The van der Waals surface area contributed by atoms with Crippen LogP contribution in [0.4, 0.5) is 5.95 Å². The van der Waals surface area contributed by atoms with Gasteiger partial charge < -0.3 is 9.64 Å². The van der Waals surface area contributed by atoms with Crippen LogP contribution < -0.4 is 10.5 Å². The molecule has 2 aromatic rings. The van der Waals surface area contributed by atoms with Gasteiger partial charge in [0.15, 0.2) is 0 Å². The molecule has 0 radical (unpaired) electrons. The minimum Gasteiger partial charge on any atom is -0.378 e. The number of fused-ring (bicyclic) bond motifs is 1. The van der Waals surface area contributed by atoms with Crippen LogP contribution in [0.2, 0.25) is 0 Å². The van der Waals surface area contributed by atoms with Gasteiger partial charge in [0.05, 0.1) is 24.1 Å². The molecule has 1 aromatic heterocycles. The summed E-state index contributed by atoms with van der Waals surface area (Å²) in [7, 11) is 0. The Morgan fingerprint density at radius 1 is 1.26 bits per heavy atom. The molecule has 1 saturated carbocycles. The molecule has 0 N–H and O–H groups in total. The lowest BCUT2D eigenvalue weighted by atomic mass is 9.92. The average molecular weight is 378 g/mol. The molecule has 2 aliphatic rings. The normalized spacial score (nSPS) is 19.1. The molecule has 1 aliphatic carbocycles. The van der Waals surface area contributed by atoms with Crippen molar-refractivity contribution in [3.63, 3.8) is 0 Å². The van der Waals surface area contributed by atoms with Crippen molar-refractivity contribution in [3.05, 3.63) is 32.5 Å². The Kier molecular flexibility index (Phi) is 3.89. The van der Waals surface area contributed by atoms with Crippen molar-refractivity contribution in [3.8, 4) is 0 Å². The number of rotatable bonds is 2. The van der Waals surface area contributed by atoms with E-state index in [1.54, 1.807) is 0 Å². The summed E-state index contributed by atoms with van der Waals surface area (Å²) in [5, 5.41) is 0.709. The van der Waals surface area contributed by atoms with E-state index < -0.39 is 0 Å². The Bertz CT molecular complexity index is 808. The van der Waals surface area contributed by atoms with E-state index in [-0.39, 0.29) is 11.6 Å². The quantitative estimate of drug-likeness (QED) is 0.806. The molecule has 2 heterocycles. The first-order valence-corrected chi connectivity index (χ1v) is 8.99. The topological polar surface area (TPSA) is 47.4 Å². The number of ether oxygens (including phenoxy) is 1. The van der Waals surface area contributed by atoms with Gasteiger partial charge in [-0.3, -0.25) is 9.36 Å². The second-order valence-corrected chi connectivity index (χ2v) is 7.27. The molecule has 0 unspecified atom stereocenters. The van der Waals surface area contributed by atoms with E-state index in [0.29, 0.717) is 18.6 Å². The largest absolute Gasteiger partial charge is 0.378 e. The van der Waals surface area contributed by atoms with Crippen LogP contribution in [0.15, 0.2) is 21.4 Å². The van der Waals surface area contributed by atoms with E-state index in [1.807, 2.05) is 23.6 Å². The predicted octanol–water partition coefficient (Wildman–Crippen LogP) is 3.03. The van der Waals surface area contributed by atoms with Crippen LogP contribution in [0.5, 0.6) is 0 Å². The Morgan fingerprint density at radius 2 is 2.00 bits per heavy atom. The van der Waals surface area contributed by atoms with E-state index in [0.717, 1.165) is 47.4 Å². The number of hydrogen-bond donors (Lipinski definition) is 0. The summed E-state index contributed by atoms with van der Waals surface area (Å²) < 4.78 is 8.28. The van der Waals surface area contributed by atoms with Crippen LogP contribution in [0.1, 0.15) is 30.9 Å². The number of aromatic nitrogens is 2. The van der Waals surface area contributed by atoms with Gasteiger partial charge in [-0.1, -0.05) is 0 Å². The van der Waals surface area contributed by atoms with Gasteiger partial charge in [-0.2, -0.15) is 0 Å². The van der Waals surface area contributed by atoms with E-state index in [1.165, 1.54) is 6.42 Å². The summed E-state index contributed by atoms with van der Waals surface area (Å²) in [6.45, 7) is 4.96. The Hall–Kier alpha value is -1.40. The van der Waals surface area contributed by atoms with Gasteiger partial charge in [0, 0.05) is 23.6 Å². The highest BCUT2D eigenvalue weighted by Crippen LogP contribution is 2.34. The van der Waals surface area contributed by atoms with Crippen molar-refractivity contribution >= 4 is 32.8 Å². The summed E-state index contributed by atoms with van der Waals surface area (Å²) in [6, 6.07) is 4.26. The fraction of sp³-hybridized carbons (Fsp3) is 0.529. The predicted molar refractivity (Wildman–Crippen MR) is 94.4 cm³/mol. The average Bonchev–Trinajstić information content (AvgIpc) is 2.49. The van der Waals surface area contributed by atoms with Gasteiger partial charge in [-0.25, -0.2) is 4.98 Å². The third-order valence-corrected chi connectivity index (χ3v) is 5.42. The Morgan fingerprint density at radius 3 is 2.65 bits per heavy atom. The summed E-state index contributed by atoms with van der Waals surface area (Å²) in [5.41, 5.74) is 1.92. The summed E-state index contributed by atoms with van der Waals surface area (Å²) in [4.78, 5) is 20.3. The molecule has 2 fully saturated rings. The fourth-order valence-electron chi connectivity index (χ4n) is 3.35. The Balaban J connectivity index is 1.97. The van der Waals surface area contributed by atoms with Crippen LogP contribution in [0.25, 0.3) is 10.9 Å². The molecular formula is C17H20BrN3O2. The molecule has 0 atom stereocenters. The molecule has 0 amide bonds. The highest BCUT2D eigenvalue weighted by molar-refractivity contribution is 9.10. The van der Waals surface area contributed by atoms with Crippen LogP contribution in [0, 0.1) is 6.92 Å². The monoisotopic (exact) mass is 377 g/mol. The second kappa shape index (κ2) is 5.91. The van der Waals surface area contributed by atoms with Crippen molar-refractivity contribution in [2.75, 3.05) is 31.2 Å². The maximum absolute atomic E-state index is 13.2. The number of anilines is 1.